The summed E-state index contributed by atoms with van der Waals surface area (Å²) in [7, 11) is 0. The van der Waals surface area contributed by atoms with Gasteiger partial charge < -0.3 is 5.84 Å². The Morgan fingerprint density at radius 1 is 1.00 bits per heavy atom. The van der Waals surface area contributed by atoms with Crippen molar-refractivity contribution < 1.29 is 0 Å². The Balaban J connectivity index is 3.25. The summed E-state index contributed by atoms with van der Waals surface area (Å²) in [5.74, 6) is 5.23. The van der Waals surface area contributed by atoms with E-state index in [-0.39, 0.29) is 0 Å². The molecule has 0 radical (unpaired) electrons. The van der Waals surface area contributed by atoms with E-state index < -0.39 is 0 Å². The van der Waals surface area contributed by atoms with Gasteiger partial charge in [0.15, 0.2) is 0 Å². The van der Waals surface area contributed by atoms with E-state index in [1.807, 2.05) is 13.8 Å². The van der Waals surface area contributed by atoms with Crippen LogP contribution in [0.15, 0.2) is 22.2 Å². The molecule has 1 aromatic rings. The summed E-state index contributed by atoms with van der Waals surface area (Å²) in [4.78, 5) is 4.58. The molecule has 16 heavy (non-hydrogen) atoms. The Morgan fingerprint density at radius 2 is 1.50 bits per heavy atom. The minimum Gasteiger partial charge on any atom is -0.323 e. The molecular weight excluding hydrogens is 198 g/mol. The summed E-state index contributed by atoms with van der Waals surface area (Å²) in [6.45, 7) is 10.0. The van der Waals surface area contributed by atoms with Crippen molar-refractivity contribution in [1.82, 2.24) is 0 Å². The van der Waals surface area contributed by atoms with Crippen molar-refractivity contribution in [2.24, 2.45) is 15.9 Å². The molecule has 1 rings (SSSR count). The van der Waals surface area contributed by atoms with Gasteiger partial charge in [-0.15, -0.1) is 0 Å². The van der Waals surface area contributed by atoms with Crippen molar-refractivity contribution in [2.45, 2.75) is 34.6 Å². The third kappa shape index (κ3) is 2.69. The van der Waals surface area contributed by atoms with E-state index in [0.717, 1.165) is 17.1 Å². The Hall–Kier alpha value is -1.64. The second-order valence-electron chi connectivity index (χ2n) is 4.16. The SMILES string of the molecule is CC(=Nc1c(C)cc(C)cc1C)/C(C)=N/N. The van der Waals surface area contributed by atoms with E-state index in [9.17, 15) is 0 Å². The zero-order valence-corrected chi connectivity index (χ0v) is 10.6. The van der Waals surface area contributed by atoms with Gasteiger partial charge in [0.25, 0.3) is 0 Å². The molecule has 0 amide bonds. The largest absolute Gasteiger partial charge is 0.323 e. The van der Waals surface area contributed by atoms with Crippen molar-refractivity contribution >= 4 is 17.1 Å². The van der Waals surface area contributed by atoms with Crippen LogP contribution in [0, 0.1) is 20.8 Å². The molecule has 0 spiro atoms. The molecule has 86 valence electrons. The quantitative estimate of drug-likeness (QED) is 0.462. The van der Waals surface area contributed by atoms with Crippen LogP contribution in [0.25, 0.3) is 0 Å². The number of aryl methyl sites for hydroxylation is 3. The van der Waals surface area contributed by atoms with Crippen LogP contribution in [0.2, 0.25) is 0 Å². The van der Waals surface area contributed by atoms with E-state index in [2.05, 4.69) is 43.0 Å². The van der Waals surface area contributed by atoms with Crippen molar-refractivity contribution in [3.05, 3.63) is 28.8 Å². The van der Waals surface area contributed by atoms with Gasteiger partial charge in [-0.05, 0) is 45.7 Å². The summed E-state index contributed by atoms with van der Waals surface area (Å²) >= 11 is 0. The minimum atomic E-state index is 0.763. The molecule has 0 aromatic heterocycles. The average Bonchev–Trinajstić information content (AvgIpc) is 2.21. The highest BCUT2D eigenvalue weighted by atomic mass is 15.1. The molecule has 0 saturated heterocycles. The zero-order chi connectivity index (χ0) is 12.3. The molecule has 3 heteroatoms. The number of aliphatic imine (C=N–C) groups is 1. The zero-order valence-electron chi connectivity index (χ0n) is 10.6. The third-order valence-corrected chi connectivity index (χ3v) is 2.63. The molecule has 3 nitrogen and oxygen atoms in total. The smallest absolute Gasteiger partial charge is 0.0781 e. The van der Waals surface area contributed by atoms with Gasteiger partial charge >= 0.3 is 0 Å². The van der Waals surface area contributed by atoms with Gasteiger partial charge in [0.1, 0.15) is 0 Å². The van der Waals surface area contributed by atoms with Gasteiger partial charge in [0, 0.05) is 0 Å². The summed E-state index contributed by atoms with van der Waals surface area (Å²) in [5, 5.41) is 3.65. The lowest BCUT2D eigenvalue weighted by atomic mass is 10.1. The molecule has 2 N–H and O–H groups in total. The van der Waals surface area contributed by atoms with E-state index >= 15 is 0 Å². The maximum atomic E-state index is 5.23. The lowest BCUT2D eigenvalue weighted by Crippen LogP contribution is -2.08. The van der Waals surface area contributed by atoms with Gasteiger partial charge in [-0.2, -0.15) is 5.10 Å². The van der Waals surface area contributed by atoms with Crippen molar-refractivity contribution in [3.8, 4) is 0 Å². The summed E-state index contributed by atoms with van der Waals surface area (Å²) in [6, 6.07) is 4.27. The molecule has 0 bridgehead atoms. The van der Waals surface area contributed by atoms with Crippen LogP contribution in [-0.4, -0.2) is 11.4 Å². The number of hydrogen-bond donors (Lipinski definition) is 1. The van der Waals surface area contributed by atoms with Crippen LogP contribution in [0.1, 0.15) is 30.5 Å². The molecule has 0 unspecified atom stereocenters. The van der Waals surface area contributed by atoms with Crippen LogP contribution in [0.5, 0.6) is 0 Å². The minimum absolute atomic E-state index is 0.763. The summed E-state index contributed by atoms with van der Waals surface area (Å²) in [5.41, 5.74) is 6.27. The van der Waals surface area contributed by atoms with Crippen molar-refractivity contribution in [1.29, 1.82) is 0 Å². The van der Waals surface area contributed by atoms with E-state index in [1.165, 1.54) is 16.7 Å². The first-order valence-electron chi connectivity index (χ1n) is 5.33. The van der Waals surface area contributed by atoms with E-state index in [1.54, 1.807) is 0 Å². The van der Waals surface area contributed by atoms with Crippen molar-refractivity contribution in [2.75, 3.05) is 0 Å². The van der Waals surface area contributed by atoms with E-state index in [0.29, 0.717) is 0 Å². The molecule has 0 aliphatic rings. The first-order chi connectivity index (χ1) is 7.45. The molecule has 0 saturated carbocycles. The van der Waals surface area contributed by atoms with Crippen LogP contribution >= 0.6 is 0 Å². The highest BCUT2D eigenvalue weighted by Gasteiger charge is 2.04. The number of rotatable bonds is 2. The number of hydrogen-bond acceptors (Lipinski definition) is 3. The predicted octanol–water partition coefficient (Wildman–Crippen LogP) is 3.04. The van der Waals surface area contributed by atoms with Gasteiger partial charge in [0.05, 0.1) is 17.1 Å². The molecular formula is C13H19N3. The fourth-order valence-corrected chi connectivity index (χ4v) is 1.69. The first-order valence-corrected chi connectivity index (χ1v) is 5.33. The Labute approximate surface area is 97.1 Å². The fraction of sp³-hybridized carbons (Fsp3) is 0.385. The standard InChI is InChI=1S/C13H19N3/c1-8-6-9(2)13(10(3)7-8)15-11(4)12(5)16-14/h6-7H,14H2,1-5H3/b15-11?,16-12+. The maximum Gasteiger partial charge on any atom is 0.0781 e. The molecule has 1 aromatic carbocycles. The summed E-state index contributed by atoms with van der Waals surface area (Å²) in [6.07, 6.45) is 0. The predicted molar refractivity (Wildman–Crippen MR) is 70.7 cm³/mol. The number of benzene rings is 1. The molecule has 0 fully saturated rings. The molecule has 0 atom stereocenters. The van der Waals surface area contributed by atoms with Gasteiger partial charge in [-0.1, -0.05) is 17.7 Å². The lowest BCUT2D eigenvalue weighted by molar-refractivity contribution is 1.24. The van der Waals surface area contributed by atoms with Crippen LogP contribution in [-0.2, 0) is 0 Å². The highest BCUT2D eigenvalue weighted by Crippen LogP contribution is 2.25. The normalized spacial score (nSPS) is 13.1. The van der Waals surface area contributed by atoms with Crippen LogP contribution in [0.4, 0.5) is 5.69 Å². The van der Waals surface area contributed by atoms with E-state index in [4.69, 9.17) is 5.84 Å². The topological polar surface area (TPSA) is 50.7 Å². The number of hydrazone groups is 1. The monoisotopic (exact) mass is 217 g/mol. The number of nitrogens with zero attached hydrogens (tertiary/aromatic N) is 2. The first kappa shape index (κ1) is 12.4. The second-order valence-corrected chi connectivity index (χ2v) is 4.16. The summed E-state index contributed by atoms with van der Waals surface area (Å²) < 4.78 is 0. The molecule has 0 aliphatic carbocycles. The maximum absolute atomic E-state index is 5.23. The Kier molecular flexibility index (Phi) is 3.82. The average molecular weight is 217 g/mol. The Morgan fingerprint density at radius 3 is 1.94 bits per heavy atom. The van der Waals surface area contributed by atoms with Crippen LogP contribution < -0.4 is 5.84 Å². The van der Waals surface area contributed by atoms with Gasteiger partial charge in [-0.3, -0.25) is 4.99 Å². The fourth-order valence-electron chi connectivity index (χ4n) is 1.69. The Bertz CT molecular complexity index is 433. The highest BCUT2D eigenvalue weighted by molar-refractivity contribution is 6.41. The molecule has 0 heterocycles. The van der Waals surface area contributed by atoms with Gasteiger partial charge in [-0.25, -0.2) is 0 Å². The molecule has 0 aliphatic heterocycles. The van der Waals surface area contributed by atoms with Crippen molar-refractivity contribution in [3.63, 3.8) is 0 Å². The number of nitrogens with two attached hydrogens (primary N) is 1. The lowest BCUT2D eigenvalue weighted by Gasteiger charge is -2.08. The van der Waals surface area contributed by atoms with Crippen LogP contribution in [0.3, 0.4) is 0 Å². The third-order valence-electron chi connectivity index (χ3n) is 2.63. The van der Waals surface area contributed by atoms with Gasteiger partial charge in [0.2, 0.25) is 0 Å². The second kappa shape index (κ2) is 4.92.